The Balaban J connectivity index is 2.84. The van der Waals surface area contributed by atoms with E-state index in [1.807, 2.05) is 0 Å². The summed E-state index contributed by atoms with van der Waals surface area (Å²) in [6.07, 6.45) is 1.26. The predicted octanol–water partition coefficient (Wildman–Crippen LogP) is -0.146. The molecule has 7 heteroatoms. The Morgan fingerprint density at radius 2 is 2.43 bits per heavy atom. The van der Waals surface area contributed by atoms with Gasteiger partial charge in [0.05, 0.1) is 0 Å². The normalized spacial score (nSPS) is 9.43. The Morgan fingerprint density at radius 1 is 1.71 bits per heavy atom. The number of nitro groups is 1. The fourth-order valence-corrected chi connectivity index (χ4v) is 0.781. The van der Waals surface area contributed by atoms with Gasteiger partial charge in [0.25, 0.3) is 5.91 Å². The number of carbonyl (C=O) groups is 1. The number of primary amides is 1. The van der Waals surface area contributed by atoms with Crippen LogP contribution in [0.25, 0.3) is 0 Å². The van der Waals surface area contributed by atoms with Crippen molar-refractivity contribution in [3.63, 3.8) is 0 Å². The Kier molecular flexibility index (Phi) is 2.95. The van der Waals surface area contributed by atoms with E-state index in [-0.39, 0.29) is 5.75 Å². The molecule has 14 heavy (non-hydrogen) atoms. The summed E-state index contributed by atoms with van der Waals surface area (Å²) in [4.78, 5) is 23.6. The van der Waals surface area contributed by atoms with Crippen molar-refractivity contribution in [2.45, 2.75) is 0 Å². The summed E-state index contributed by atoms with van der Waals surface area (Å²) in [5, 5.41) is 10.4. The van der Waals surface area contributed by atoms with E-state index in [0.717, 1.165) is 0 Å². The highest BCUT2D eigenvalue weighted by atomic mass is 16.6. The van der Waals surface area contributed by atoms with Crippen LogP contribution in [-0.4, -0.2) is 22.4 Å². The van der Waals surface area contributed by atoms with Crippen molar-refractivity contribution in [3.05, 3.63) is 28.4 Å². The van der Waals surface area contributed by atoms with Crippen molar-refractivity contribution in [3.8, 4) is 5.75 Å². The van der Waals surface area contributed by atoms with Crippen LogP contribution in [0.1, 0.15) is 0 Å². The monoisotopic (exact) mass is 197 g/mol. The van der Waals surface area contributed by atoms with Crippen molar-refractivity contribution in [2.24, 2.45) is 5.73 Å². The van der Waals surface area contributed by atoms with E-state index in [1.165, 1.54) is 18.3 Å². The van der Waals surface area contributed by atoms with Gasteiger partial charge in [-0.25, -0.2) is 0 Å². The van der Waals surface area contributed by atoms with Crippen LogP contribution in [0.15, 0.2) is 18.3 Å². The lowest BCUT2D eigenvalue weighted by Crippen LogP contribution is -2.20. The molecule has 0 saturated carbocycles. The summed E-state index contributed by atoms with van der Waals surface area (Å²) in [5.74, 6) is -1.21. The molecule has 0 bridgehead atoms. The molecule has 0 fully saturated rings. The lowest BCUT2D eigenvalue weighted by Gasteiger charge is -2.02. The molecule has 1 aromatic heterocycles. The van der Waals surface area contributed by atoms with Crippen molar-refractivity contribution in [2.75, 3.05) is 6.61 Å². The number of pyridine rings is 1. The summed E-state index contributed by atoms with van der Waals surface area (Å²) >= 11 is 0. The second kappa shape index (κ2) is 4.17. The lowest BCUT2D eigenvalue weighted by molar-refractivity contribution is -0.390. The fourth-order valence-electron chi connectivity index (χ4n) is 0.781. The summed E-state index contributed by atoms with van der Waals surface area (Å²) < 4.78 is 4.78. The van der Waals surface area contributed by atoms with E-state index < -0.39 is 23.3 Å². The molecular weight excluding hydrogens is 190 g/mol. The molecule has 1 aromatic rings. The highest BCUT2D eigenvalue weighted by Crippen LogP contribution is 2.22. The predicted molar refractivity (Wildman–Crippen MR) is 45.6 cm³/mol. The molecule has 1 heterocycles. The third-order valence-electron chi connectivity index (χ3n) is 1.29. The van der Waals surface area contributed by atoms with Crippen LogP contribution >= 0.6 is 0 Å². The first-order chi connectivity index (χ1) is 6.61. The maximum Gasteiger partial charge on any atom is 0.406 e. The highest BCUT2D eigenvalue weighted by Gasteiger charge is 2.15. The number of nitrogens with two attached hydrogens (primary N) is 1. The minimum Gasteiger partial charge on any atom is -0.476 e. The SMILES string of the molecule is NC(=O)COc1cccnc1[N+](=O)[O-]. The van der Waals surface area contributed by atoms with Crippen molar-refractivity contribution >= 4 is 11.7 Å². The Hall–Kier alpha value is -2.18. The number of hydrogen-bond acceptors (Lipinski definition) is 5. The third kappa shape index (κ3) is 2.41. The Morgan fingerprint density at radius 3 is 3.00 bits per heavy atom. The molecule has 74 valence electrons. The molecule has 0 aromatic carbocycles. The van der Waals surface area contributed by atoms with Gasteiger partial charge in [0.15, 0.2) is 6.61 Å². The average Bonchev–Trinajstić information content (AvgIpc) is 2.15. The van der Waals surface area contributed by atoms with Gasteiger partial charge in [0, 0.05) is 0 Å². The Bertz CT molecular complexity index is 366. The first kappa shape index (κ1) is 9.90. The molecule has 7 nitrogen and oxygen atoms in total. The number of amides is 1. The minimum absolute atomic E-state index is 0.0729. The smallest absolute Gasteiger partial charge is 0.406 e. The number of carbonyl (C=O) groups excluding carboxylic acids is 1. The van der Waals surface area contributed by atoms with Gasteiger partial charge in [-0.1, -0.05) is 0 Å². The average molecular weight is 197 g/mol. The fraction of sp³-hybridized carbons (Fsp3) is 0.143. The lowest BCUT2D eigenvalue weighted by atomic mass is 10.4. The molecule has 0 aliphatic rings. The molecule has 0 unspecified atom stereocenters. The topological polar surface area (TPSA) is 108 Å². The highest BCUT2D eigenvalue weighted by molar-refractivity contribution is 5.75. The number of nitrogens with zero attached hydrogens (tertiary/aromatic N) is 2. The Labute approximate surface area is 78.6 Å². The zero-order chi connectivity index (χ0) is 10.6. The zero-order valence-electron chi connectivity index (χ0n) is 7.04. The molecule has 0 atom stereocenters. The van der Waals surface area contributed by atoms with Gasteiger partial charge in [-0.15, -0.1) is 0 Å². The molecule has 0 saturated heterocycles. The van der Waals surface area contributed by atoms with Crippen molar-refractivity contribution in [1.29, 1.82) is 0 Å². The van der Waals surface area contributed by atoms with Crippen LogP contribution in [0.2, 0.25) is 0 Å². The summed E-state index contributed by atoms with van der Waals surface area (Å²) in [6, 6.07) is 2.80. The van der Waals surface area contributed by atoms with Gasteiger partial charge < -0.3 is 20.6 Å². The molecule has 0 radical (unpaired) electrons. The van der Waals surface area contributed by atoms with Crippen LogP contribution in [0.3, 0.4) is 0 Å². The summed E-state index contributed by atoms with van der Waals surface area (Å²) in [6.45, 7) is -0.410. The molecule has 1 amide bonds. The molecular formula is C7H7N3O4. The van der Waals surface area contributed by atoms with Crippen LogP contribution in [0, 0.1) is 10.1 Å². The van der Waals surface area contributed by atoms with E-state index in [4.69, 9.17) is 10.5 Å². The number of aromatic nitrogens is 1. The second-order valence-electron chi connectivity index (χ2n) is 2.34. The molecule has 1 rings (SSSR count). The second-order valence-corrected chi connectivity index (χ2v) is 2.34. The van der Waals surface area contributed by atoms with E-state index >= 15 is 0 Å². The molecule has 2 N–H and O–H groups in total. The maximum absolute atomic E-state index is 10.4. The standard InChI is InChI=1S/C7H7N3O4/c8-6(11)4-14-5-2-1-3-9-7(5)10(12)13/h1-3H,4H2,(H2,8,11). The number of hydrogen-bond donors (Lipinski definition) is 1. The third-order valence-corrected chi connectivity index (χ3v) is 1.29. The number of ether oxygens (including phenoxy) is 1. The first-order valence-electron chi connectivity index (χ1n) is 3.62. The minimum atomic E-state index is -0.705. The molecule has 0 aliphatic heterocycles. The largest absolute Gasteiger partial charge is 0.476 e. The van der Waals surface area contributed by atoms with Crippen LogP contribution in [0.4, 0.5) is 5.82 Å². The maximum atomic E-state index is 10.4. The van der Waals surface area contributed by atoms with Crippen LogP contribution in [-0.2, 0) is 4.79 Å². The quantitative estimate of drug-likeness (QED) is 0.533. The van der Waals surface area contributed by atoms with Gasteiger partial charge in [-0.2, -0.15) is 0 Å². The van der Waals surface area contributed by atoms with Gasteiger partial charge in [-0.05, 0) is 22.0 Å². The molecule has 0 aliphatic carbocycles. The first-order valence-corrected chi connectivity index (χ1v) is 3.62. The summed E-state index contributed by atoms with van der Waals surface area (Å²) in [5.41, 5.74) is 4.81. The van der Waals surface area contributed by atoms with E-state index in [0.29, 0.717) is 0 Å². The van der Waals surface area contributed by atoms with Gasteiger partial charge in [0.2, 0.25) is 5.75 Å². The van der Waals surface area contributed by atoms with Gasteiger partial charge >= 0.3 is 5.82 Å². The zero-order valence-corrected chi connectivity index (χ0v) is 7.04. The van der Waals surface area contributed by atoms with Gasteiger partial charge in [0.1, 0.15) is 6.20 Å². The summed E-state index contributed by atoms with van der Waals surface area (Å²) in [7, 11) is 0. The molecule has 0 spiro atoms. The van der Waals surface area contributed by atoms with Crippen molar-refractivity contribution in [1.82, 2.24) is 4.98 Å². The van der Waals surface area contributed by atoms with Gasteiger partial charge in [-0.3, -0.25) is 4.79 Å². The van der Waals surface area contributed by atoms with Crippen LogP contribution < -0.4 is 10.5 Å². The van der Waals surface area contributed by atoms with E-state index in [9.17, 15) is 14.9 Å². The number of rotatable bonds is 4. The van der Waals surface area contributed by atoms with E-state index in [1.54, 1.807) is 0 Å². The van der Waals surface area contributed by atoms with Crippen molar-refractivity contribution < 1.29 is 14.5 Å². The van der Waals surface area contributed by atoms with E-state index in [2.05, 4.69) is 4.98 Å². The van der Waals surface area contributed by atoms with Crippen LogP contribution in [0.5, 0.6) is 5.75 Å².